The van der Waals surface area contributed by atoms with Gasteiger partial charge in [0, 0.05) is 20.0 Å². The summed E-state index contributed by atoms with van der Waals surface area (Å²) in [5, 5.41) is 0. The molecule has 1 rings (SSSR count). The van der Waals surface area contributed by atoms with Gasteiger partial charge in [-0.2, -0.15) is 0 Å². The Bertz CT molecular complexity index is 208. The number of amidine groups is 1. The maximum Gasteiger partial charge on any atom is 0.228 e. The van der Waals surface area contributed by atoms with E-state index in [0.29, 0.717) is 12.3 Å². The van der Waals surface area contributed by atoms with Gasteiger partial charge in [-0.25, -0.2) is 0 Å². The predicted octanol–water partition coefficient (Wildman–Crippen LogP) is 0.823. The second kappa shape index (κ2) is 3.32. The van der Waals surface area contributed by atoms with Gasteiger partial charge in [0.15, 0.2) is 0 Å². The molecule has 3 heteroatoms. The van der Waals surface area contributed by atoms with Crippen LogP contribution in [-0.4, -0.2) is 30.2 Å². The number of likely N-dealkylation sites (tertiary alicyclic amines) is 1. The molecule has 1 aliphatic rings. The molecule has 60 valence electrons. The number of aliphatic imine (C=N–C) groups is 1. The minimum atomic E-state index is 0.158. The van der Waals surface area contributed by atoms with Crippen LogP contribution >= 0.6 is 0 Å². The molecule has 0 aromatic carbocycles. The van der Waals surface area contributed by atoms with Gasteiger partial charge < -0.3 is 0 Å². The van der Waals surface area contributed by atoms with Crippen LogP contribution in [-0.2, 0) is 4.79 Å². The van der Waals surface area contributed by atoms with Gasteiger partial charge in [0.25, 0.3) is 0 Å². The van der Waals surface area contributed by atoms with E-state index in [-0.39, 0.29) is 5.91 Å². The molecule has 11 heavy (non-hydrogen) atoms. The van der Waals surface area contributed by atoms with Gasteiger partial charge in [0.05, 0.1) is 0 Å². The largest absolute Gasteiger partial charge is 0.297 e. The summed E-state index contributed by atoms with van der Waals surface area (Å²) in [4.78, 5) is 16.7. The molecule has 0 aromatic rings. The Kier molecular flexibility index (Phi) is 2.41. The molecule has 3 nitrogen and oxygen atoms in total. The lowest BCUT2D eigenvalue weighted by atomic mass is 10.4. The lowest BCUT2D eigenvalue weighted by Gasteiger charge is -2.13. The molecular weight excluding hydrogens is 140 g/mol. The smallest absolute Gasteiger partial charge is 0.228 e. The van der Waals surface area contributed by atoms with Crippen LogP contribution in [0.2, 0.25) is 0 Å². The zero-order valence-electron chi connectivity index (χ0n) is 6.71. The second-order valence-corrected chi connectivity index (χ2v) is 2.43. The SMILES string of the molecule is C=CC(=NC)N1CCCC1=O. The van der Waals surface area contributed by atoms with E-state index in [1.165, 1.54) is 0 Å². The summed E-state index contributed by atoms with van der Waals surface area (Å²) in [6, 6.07) is 0. The number of carbonyl (C=O) groups is 1. The quantitative estimate of drug-likeness (QED) is 0.404. The van der Waals surface area contributed by atoms with Crippen LogP contribution in [0.4, 0.5) is 0 Å². The van der Waals surface area contributed by atoms with Crippen molar-refractivity contribution in [3.63, 3.8) is 0 Å². The highest BCUT2D eigenvalue weighted by Crippen LogP contribution is 2.10. The third-order valence-electron chi connectivity index (χ3n) is 1.76. The van der Waals surface area contributed by atoms with E-state index in [9.17, 15) is 4.79 Å². The molecule has 1 fully saturated rings. The Morgan fingerprint density at radius 2 is 2.55 bits per heavy atom. The molecule has 0 bridgehead atoms. The minimum absolute atomic E-state index is 0.158. The first kappa shape index (κ1) is 7.98. The standard InChI is InChI=1S/C8H12N2O/c1-3-7(9-2)10-6-4-5-8(10)11/h3H,1,4-6H2,2H3. The molecule has 1 saturated heterocycles. The van der Waals surface area contributed by atoms with Crippen LogP contribution in [0.1, 0.15) is 12.8 Å². The Balaban J connectivity index is 2.73. The maximum atomic E-state index is 11.1. The van der Waals surface area contributed by atoms with Crippen LogP contribution in [0.5, 0.6) is 0 Å². The van der Waals surface area contributed by atoms with Gasteiger partial charge in [-0.15, -0.1) is 0 Å². The van der Waals surface area contributed by atoms with E-state index >= 15 is 0 Å². The van der Waals surface area contributed by atoms with E-state index in [1.54, 1.807) is 18.0 Å². The van der Waals surface area contributed by atoms with Crippen molar-refractivity contribution in [1.82, 2.24) is 4.90 Å². The number of rotatable bonds is 1. The summed E-state index contributed by atoms with van der Waals surface area (Å²) in [7, 11) is 1.67. The fourth-order valence-corrected chi connectivity index (χ4v) is 1.21. The van der Waals surface area contributed by atoms with Gasteiger partial charge in [-0.3, -0.25) is 14.7 Å². The maximum absolute atomic E-state index is 11.1. The molecule has 0 atom stereocenters. The van der Waals surface area contributed by atoms with E-state index in [4.69, 9.17) is 0 Å². The summed E-state index contributed by atoms with van der Waals surface area (Å²) in [6.45, 7) is 4.38. The van der Waals surface area contributed by atoms with Crippen molar-refractivity contribution in [2.45, 2.75) is 12.8 Å². The normalized spacial score (nSPS) is 19.2. The average Bonchev–Trinajstić information content (AvgIpc) is 2.40. The highest BCUT2D eigenvalue weighted by Gasteiger charge is 2.22. The van der Waals surface area contributed by atoms with E-state index in [2.05, 4.69) is 11.6 Å². The minimum Gasteiger partial charge on any atom is -0.297 e. The number of hydrogen-bond donors (Lipinski definition) is 0. The molecule has 0 radical (unpaired) electrons. The van der Waals surface area contributed by atoms with Crippen molar-refractivity contribution in [3.05, 3.63) is 12.7 Å². The number of hydrogen-bond acceptors (Lipinski definition) is 2. The Hall–Kier alpha value is -1.12. The highest BCUT2D eigenvalue weighted by atomic mass is 16.2. The summed E-state index contributed by atoms with van der Waals surface area (Å²) >= 11 is 0. The first-order valence-corrected chi connectivity index (χ1v) is 3.69. The van der Waals surface area contributed by atoms with Gasteiger partial charge in [-0.05, 0) is 12.5 Å². The van der Waals surface area contributed by atoms with E-state index < -0.39 is 0 Å². The predicted molar refractivity (Wildman–Crippen MR) is 44.5 cm³/mol. The fourth-order valence-electron chi connectivity index (χ4n) is 1.21. The van der Waals surface area contributed by atoms with Gasteiger partial charge in [0.2, 0.25) is 5.91 Å². The van der Waals surface area contributed by atoms with Gasteiger partial charge >= 0.3 is 0 Å². The van der Waals surface area contributed by atoms with Crippen molar-refractivity contribution >= 4 is 11.7 Å². The molecule has 0 spiro atoms. The van der Waals surface area contributed by atoms with E-state index in [0.717, 1.165) is 13.0 Å². The molecule has 1 amide bonds. The lowest BCUT2D eigenvalue weighted by Crippen LogP contribution is -2.30. The van der Waals surface area contributed by atoms with Crippen molar-refractivity contribution in [2.75, 3.05) is 13.6 Å². The Morgan fingerprint density at radius 3 is 2.91 bits per heavy atom. The Morgan fingerprint density at radius 1 is 1.82 bits per heavy atom. The molecule has 1 aliphatic heterocycles. The van der Waals surface area contributed by atoms with Crippen LogP contribution in [0.3, 0.4) is 0 Å². The summed E-state index contributed by atoms with van der Waals surface area (Å²) in [5.41, 5.74) is 0. The molecule has 1 heterocycles. The number of nitrogens with zero attached hydrogens (tertiary/aromatic N) is 2. The number of amides is 1. The molecule has 0 saturated carbocycles. The summed E-state index contributed by atoms with van der Waals surface area (Å²) in [6.07, 6.45) is 3.20. The molecule has 0 aliphatic carbocycles. The van der Waals surface area contributed by atoms with Gasteiger partial charge in [0.1, 0.15) is 5.84 Å². The van der Waals surface area contributed by atoms with Crippen LogP contribution in [0.25, 0.3) is 0 Å². The third-order valence-corrected chi connectivity index (χ3v) is 1.76. The zero-order valence-corrected chi connectivity index (χ0v) is 6.71. The van der Waals surface area contributed by atoms with E-state index in [1.807, 2.05) is 0 Å². The first-order chi connectivity index (χ1) is 5.29. The van der Waals surface area contributed by atoms with Crippen molar-refractivity contribution in [2.24, 2.45) is 4.99 Å². The van der Waals surface area contributed by atoms with Crippen molar-refractivity contribution in [1.29, 1.82) is 0 Å². The zero-order chi connectivity index (χ0) is 8.27. The first-order valence-electron chi connectivity index (χ1n) is 3.69. The fraction of sp³-hybridized carbons (Fsp3) is 0.500. The molecular formula is C8H12N2O. The number of carbonyl (C=O) groups excluding carboxylic acids is 1. The molecule has 0 N–H and O–H groups in total. The van der Waals surface area contributed by atoms with Crippen LogP contribution in [0, 0.1) is 0 Å². The summed E-state index contributed by atoms with van der Waals surface area (Å²) in [5.74, 6) is 0.845. The van der Waals surface area contributed by atoms with Crippen LogP contribution in [0.15, 0.2) is 17.6 Å². The summed E-state index contributed by atoms with van der Waals surface area (Å²) < 4.78 is 0. The third kappa shape index (κ3) is 1.48. The van der Waals surface area contributed by atoms with Crippen molar-refractivity contribution < 1.29 is 4.79 Å². The monoisotopic (exact) mass is 152 g/mol. The highest BCUT2D eigenvalue weighted by molar-refractivity contribution is 6.04. The molecule has 0 aromatic heterocycles. The second-order valence-electron chi connectivity index (χ2n) is 2.43. The van der Waals surface area contributed by atoms with Crippen LogP contribution < -0.4 is 0 Å². The topological polar surface area (TPSA) is 32.7 Å². The lowest BCUT2D eigenvalue weighted by molar-refractivity contribution is -0.124. The Labute approximate surface area is 66.4 Å². The van der Waals surface area contributed by atoms with Gasteiger partial charge in [-0.1, -0.05) is 6.58 Å². The molecule has 0 unspecified atom stereocenters. The van der Waals surface area contributed by atoms with Crippen molar-refractivity contribution in [3.8, 4) is 0 Å². The average molecular weight is 152 g/mol.